The molecule has 1 aliphatic heterocycles. The quantitative estimate of drug-likeness (QED) is 0.372. The van der Waals surface area contributed by atoms with E-state index >= 15 is 0 Å². The van der Waals surface area contributed by atoms with Crippen molar-refractivity contribution < 1.29 is 19.1 Å². The number of nitrogens with zero attached hydrogens (tertiary/aromatic N) is 2. The van der Waals surface area contributed by atoms with Gasteiger partial charge in [0.05, 0.1) is 0 Å². The minimum atomic E-state index is -0.374. The van der Waals surface area contributed by atoms with Crippen LogP contribution in [0.5, 0.6) is 5.75 Å². The summed E-state index contributed by atoms with van der Waals surface area (Å²) >= 11 is 0. The van der Waals surface area contributed by atoms with E-state index in [0.29, 0.717) is 24.8 Å². The summed E-state index contributed by atoms with van der Waals surface area (Å²) in [5, 5.41) is 3.29. The number of rotatable bonds is 5. The van der Waals surface area contributed by atoms with Gasteiger partial charge < -0.3 is 24.6 Å². The van der Waals surface area contributed by atoms with Gasteiger partial charge in [-0.15, -0.1) is 0 Å². The summed E-state index contributed by atoms with van der Waals surface area (Å²) in [5.74, 6) is 0.901. The van der Waals surface area contributed by atoms with Gasteiger partial charge in [-0.1, -0.05) is 80.8 Å². The molecule has 0 spiro atoms. The molecule has 2 bridgehead atoms. The second-order valence-corrected chi connectivity index (χ2v) is 12.2. The summed E-state index contributed by atoms with van der Waals surface area (Å²) in [4.78, 5) is 30.3. The van der Waals surface area contributed by atoms with Gasteiger partial charge in [-0.25, -0.2) is 9.59 Å². The zero-order valence-corrected chi connectivity index (χ0v) is 24.5. The maximum Gasteiger partial charge on any atom is 0.415 e. The molecule has 1 heterocycles. The number of hydrogen-bond acceptors (Lipinski definition) is 5. The normalized spacial score (nSPS) is 23.6. The first-order chi connectivity index (χ1) is 20.5. The van der Waals surface area contributed by atoms with Crippen molar-refractivity contribution in [1.29, 1.82) is 0 Å². The number of carbonyl (C=O) groups is 2. The molecule has 3 aromatic carbocycles. The summed E-state index contributed by atoms with van der Waals surface area (Å²) < 4.78 is 11.6. The number of piperazine rings is 1. The Kier molecular flexibility index (Phi) is 8.36. The van der Waals surface area contributed by atoms with Gasteiger partial charge >= 0.3 is 12.2 Å². The standard InChI is InChI=1S/C35H41N3O4/c1-35-18-10-4-7-13-28(32(35)36-33(39)41-25-26-11-5-2-6-12-26)23-27-16-17-30(24-31(27)35)42-34(40)38-21-19-37(20-22-38)29-14-8-3-9-15-29/h2-3,5-6,8-9,11-12,14-17,24,28,32H,4,7,10,13,18-23,25H2,1H3,(H,36,39)/t28-,32-,35+/m0/s1. The lowest BCUT2D eigenvalue weighted by Gasteiger charge is -2.49. The van der Waals surface area contributed by atoms with Crippen molar-refractivity contribution >= 4 is 17.9 Å². The molecule has 2 aliphatic carbocycles. The Morgan fingerprint density at radius 1 is 0.905 bits per heavy atom. The number of benzene rings is 3. The van der Waals surface area contributed by atoms with Crippen LogP contribution in [0, 0.1) is 5.92 Å². The lowest BCUT2D eigenvalue weighted by Crippen LogP contribution is -2.57. The van der Waals surface area contributed by atoms with E-state index in [9.17, 15) is 9.59 Å². The highest BCUT2D eigenvalue weighted by Crippen LogP contribution is 2.47. The third-order valence-corrected chi connectivity index (χ3v) is 9.46. The molecule has 3 aromatic rings. The Hall–Kier alpha value is -4.00. The zero-order chi connectivity index (χ0) is 28.9. The first kappa shape index (κ1) is 28.1. The minimum Gasteiger partial charge on any atom is -0.445 e. The Labute approximate surface area is 248 Å². The number of carbonyl (C=O) groups excluding carboxylic acids is 2. The first-order valence-electron chi connectivity index (χ1n) is 15.4. The average molecular weight is 568 g/mol. The van der Waals surface area contributed by atoms with Gasteiger partial charge in [0.15, 0.2) is 0 Å². The van der Waals surface area contributed by atoms with E-state index in [2.05, 4.69) is 41.4 Å². The largest absolute Gasteiger partial charge is 0.445 e. The lowest BCUT2D eigenvalue weighted by molar-refractivity contribution is 0.110. The van der Waals surface area contributed by atoms with E-state index in [1.807, 2.05) is 54.6 Å². The highest BCUT2D eigenvalue weighted by Gasteiger charge is 2.47. The van der Waals surface area contributed by atoms with Gasteiger partial charge in [-0.2, -0.15) is 0 Å². The molecular formula is C35H41N3O4. The summed E-state index contributed by atoms with van der Waals surface area (Å²) in [6.07, 6.45) is 5.69. The van der Waals surface area contributed by atoms with Gasteiger partial charge in [-0.3, -0.25) is 0 Å². The molecule has 0 aromatic heterocycles. The van der Waals surface area contributed by atoms with E-state index in [-0.39, 0.29) is 30.3 Å². The molecule has 0 radical (unpaired) electrons. The van der Waals surface area contributed by atoms with Crippen LogP contribution >= 0.6 is 0 Å². The van der Waals surface area contributed by atoms with Crippen LogP contribution in [-0.4, -0.2) is 49.3 Å². The molecule has 220 valence electrons. The van der Waals surface area contributed by atoms with Crippen molar-refractivity contribution in [2.24, 2.45) is 5.92 Å². The molecule has 42 heavy (non-hydrogen) atoms. The summed E-state index contributed by atoms with van der Waals surface area (Å²) in [7, 11) is 0. The Balaban J connectivity index is 1.15. The molecule has 7 heteroatoms. The zero-order valence-electron chi connectivity index (χ0n) is 24.5. The molecule has 2 fully saturated rings. The van der Waals surface area contributed by atoms with Crippen LogP contribution in [0.15, 0.2) is 78.9 Å². The third kappa shape index (κ3) is 6.10. The van der Waals surface area contributed by atoms with Crippen LogP contribution in [0.3, 0.4) is 0 Å². The Bertz CT molecular complexity index is 1370. The van der Waals surface area contributed by atoms with Crippen molar-refractivity contribution in [1.82, 2.24) is 10.2 Å². The number of alkyl carbamates (subject to hydrolysis) is 1. The first-order valence-corrected chi connectivity index (χ1v) is 15.4. The predicted octanol–water partition coefficient (Wildman–Crippen LogP) is 6.70. The van der Waals surface area contributed by atoms with E-state index in [1.165, 1.54) is 29.7 Å². The average Bonchev–Trinajstić information content (AvgIpc) is 3.02. The van der Waals surface area contributed by atoms with Crippen LogP contribution < -0.4 is 15.0 Å². The Morgan fingerprint density at radius 3 is 2.40 bits per heavy atom. The molecule has 1 saturated carbocycles. The van der Waals surface area contributed by atoms with Gasteiger partial charge in [0.2, 0.25) is 0 Å². The molecule has 6 rings (SSSR count). The molecule has 3 aliphatic rings. The second kappa shape index (κ2) is 12.5. The van der Waals surface area contributed by atoms with E-state index in [1.54, 1.807) is 4.90 Å². The van der Waals surface area contributed by atoms with Gasteiger partial charge in [-0.05, 0) is 66.1 Å². The van der Waals surface area contributed by atoms with Crippen LogP contribution in [-0.2, 0) is 23.2 Å². The lowest BCUT2D eigenvalue weighted by atomic mass is 9.59. The number of para-hydroxylation sites is 1. The van der Waals surface area contributed by atoms with Crippen molar-refractivity contribution in [3.63, 3.8) is 0 Å². The highest BCUT2D eigenvalue weighted by molar-refractivity contribution is 5.72. The number of ether oxygens (including phenoxy) is 2. The van der Waals surface area contributed by atoms with E-state index in [0.717, 1.165) is 44.3 Å². The van der Waals surface area contributed by atoms with E-state index < -0.39 is 0 Å². The van der Waals surface area contributed by atoms with Crippen LogP contribution in [0.4, 0.5) is 15.3 Å². The predicted molar refractivity (Wildman–Crippen MR) is 164 cm³/mol. The monoisotopic (exact) mass is 567 g/mol. The van der Waals surface area contributed by atoms with Crippen molar-refractivity contribution in [3.8, 4) is 5.75 Å². The Morgan fingerprint density at radius 2 is 1.64 bits per heavy atom. The van der Waals surface area contributed by atoms with Gasteiger partial charge in [0, 0.05) is 43.3 Å². The van der Waals surface area contributed by atoms with Gasteiger partial charge in [0.25, 0.3) is 0 Å². The SMILES string of the molecule is C[C@@]12CCCCC[C@@H](Cc3ccc(OC(=O)N4CCN(c5ccccc5)CC4)cc31)[C@@H]2NC(=O)OCc1ccccc1. The van der Waals surface area contributed by atoms with Crippen molar-refractivity contribution in [2.45, 2.75) is 63.5 Å². The molecule has 0 unspecified atom stereocenters. The van der Waals surface area contributed by atoms with E-state index in [4.69, 9.17) is 9.47 Å². The maximum atomic E-state index is 13.2. The third-order valence-electron chi connectivity index (χ3n) is 9.46. The molecular weight excluding hydrogens is 526 g/mol. The second-order valence-electron chi connectivity index (χ2n) is 12.2. The number of anilines is 1. The van der Waals surface area contributed by atoms with Crippen LogP contribution in [0.1, 0.15) is 55.7 Å². The summed E-state index contributed by atoms with van der Waals surface area (Å²) in [5.41, 5.74) is 4.33. The molecule has 3 atom stereocenters. The number of nitrogens with one attached hydrogen (secondary N) is 1. The topological polar surface area (TPSA) is 71.1 Å². The fourth-order valence-corrected chi connectivity index (χ4v) is 7.17. The summed E-state index contributed by atoms with van der Waals surface area (Å²) in [6, 6.07) is 26.1. The highest BCUT2D eigenvalue weighted by atomic mass is 16.6. The number of fused-ring (bicyclic) bond motifs is 4. The molecule has 1 N–H and O–H groups in total. The van der Waals surface area contributed by atoms with Crippen LogP contribution in [0.25, 0.3) is 0 Å². The number of hydrogen-bond donors (Lipinski definition) is 1. The van der Waals surface area contributed by atoms with Crippen LogP contribution in [0.2, 0.25) is 0 Å². The van der Waals surface area contributed by atoms with Crippen molar-refractivity contribution in [2.75, 3.05) is 31.1 Å². The fourth-order valence-electron chi connectivity index (χ4n) is 7.17. The van der Waals surface area contributed by atoms with Crippen molar-refractivity contribution in [3.05, 3.63) is 95.6 Å². The molecule has 7 nitrogen and oxygen atoms in total. The fraction of sp³-hybridized carbons (Fsp3) is 0.429. The number of amides is 2. The molecule has 1 saturated heterocycles. The maximum absolute atomic E-state index is 13.2. The molecule has 2 amide bonds. The summed E-state index contributed by atoms with van der Waals surface area (Å²) in [6.45, 7) is 5.30. The van der Waals surface area contributed by atoms with Gasteiger partial charge in [0.1, 0.15) is 12.4 Å². The minimum absolute atomic E-state index is 0.0504. The smallest absolute Gasteiger partial charge is 0.415 e.